The highest BCUT2D eigenvalue weighted by atomic mass is 127. The minimum absolute atomic E-state index is 0.180. The molecule has 1 aliphatic heterocycles. The Morgan fingerprint density at radius 1 is 1.18 bits per heavy atom. The number of pyridine rings is 1. The molecule has 10 heteroatoms. The van der Waals surface area contributed by atoms with Crippen LogP contribution in [0.5, 0.6) is 0 Å². The lowest BCUT2D eigenvalue weighted by Crippen LogP contribution is -2.35. The monoisotopic (exact) mass is 649 g/mol. The molecule has 4 heterocycles. The fraction of sp³-hybridized carbons (Fsp3) is 0.400. The van der Waals surface area contributed by atoms with Crippen LogP contribution in [0.3, 0.4) is 0 Å². The number of likely N-dealkylation sites (N-methyl/N-ethyl adjacent to an activating group) is 1. The molecule has 0 radical (unpaired) electrons. The van der Waals surface area contributed by atoms with Crippen LogP contribution < -0.4 is 10.9 Å². The Morgan fingerprint density at radius 2 is 2.02 bits per heavy atom. The molecule has 7 rings (SSSR count). The molecule has 3 aromatic heterocycles. The standard InChI is InChI=1S/C30H32IN7O2/c1-4-14-37-27(39)22-16-32-28(33-21-8-9-23-20(15-21)17-36(3)18-30(23)12-13-30)35-26(22)38(37)24-10-7-19-6-5-11-29(2,40-31)25(19)34-24/h4,7-10,15-16H,1,5-6,11-14,17-18H2,2-3H3,(H,32,33,35)/t29-/m1/s1. The third-order valence-corrected chi connectivity index (χ3v) is 9.70. The van der Waals surface area contributed by atoms with Crippen LogP contribution in [-0.2, 0) is 33.6 Å². The van der Waals surface area contributed by atoms with E-state index in [9.17, 15) is 4.79 Å². The van der Waals surface area contributed by atoms with Crippen LogP contribution in [0, 0.1) is 0 Å². The lowest BCUT2D eigenvalue weighted by molar-refractivity contribution is 0.118. The van der Waals surface area contributed by atoms with Crippen molar-refractivity contribution in [2.45, 2.75) is 63.1 Å². The Labute approximate surface area is 247 Å². The van der Waals surface area contributed by atoms with Crippen molar-refractivity contribution in [1.82, 2.24) is 29.2 Å². The van der Waals surface area contributed by atoms with Crippen molar-refractivity contribution in [3.05, 3.63) is 81.9 Å². The molecular weight excluding hydrogens is 617 g/mol. The van der Waals surface area contributed by atoms with E-state index in [4.69, 9.17) is 13.0 Å². The Kier molecular flexibility index (Phi) is 6.13. The molecule has 0 amide bonds. The summed E-state index contributed by atoms with van der Waals surface area (Å²) >= 11 is 1.97. The third-order valence-electron chi connectivity index (χ3n) is 8.73. The zero-order valence-electron chi connectivity index (χ0n) is 22.8. The average molecular weight is 650 g/mol. The van der Waals surface area contributed by atoms with Gasteiger partial charge in [0.1, 0.15) is 34.0 Å². The summed E-state index contributed by atoms with van der Waals surface area (Å²) in [6, 6.07) is 10.6. The number of aryl methyl sites for hydroxylation is 1. The van der Waals surface area contributed by atoms with Crippen LogP contribution in [0.25, 0.3) is 16.9 Å². The van der Waals surface area contributed by atoms with Crippen molar-refractivity contribution in [2.75, 3.05) is 18.9 Å². The van der Waals surface area contributed by atoms with Gasteiger partial charge in [-0.05, 0) is 81.0 Å². The van der Waals surface area contributed by atoms with E-state index in [-0.39, 0.29) is 5.56 Å². The van der Waals surface area contributed by atoms with E-state index in [1.165, 1.54) is 29.5 Å². The van der Waals surface area contributed by atoms with Gasteiger partial charge in [-0.1, -0.05) is 18.2 Å². The summed E-state index contributed by atoms with van der Waals surface area (Å²) in [6.07, 6.45) is 8.72. The Balaban J connectivity index is 1.32. The second-order valence-electron chi connectivity index (χ2n) is 11.7. The molecule has 2 aliphatic carbocycles. The minimum atomic E-state index is -0.488. The summed E-state index contributed by atoms with van der Waals surface area (Å²) in [6.45, 7) is 8.32. The number of allylic oxidation sites excluding steroid dienone is 1. The number of hydrogen-bond donors (Lipinski definition) is 1. The summed E-state index contributed by atoms with van der Waals surface area (Å²) in [5.74, 6) is 1.05. The number of hydrogen-bond acceptors (Lipinski definition) is 7. The van der Waals surface area contributed by atoms with Gasteiger partial charge in [0, 0.05) is 30.4 Å². The Bertz CT molecular complexity index is 1720. The van der Waals surface area contributed by atoms with Gasteiger partial charge in [-0.15, -0.1) is 6.58 Å². The van der Waals surface area contributed by atoms with E-state index >= 15 is 0 Å². The minimum Gasteiger partial charge on any atom is -0.324 e. The molecule has 3 aliphatic rings. The zero-order valence-corrected chi connectivity index (χ0v) is 24.9. The van der Waals surface area contributed by atoms with Gasteiger partial charge >= 0.3 is 0 Å². The molecule has 40 heavy (non-hydrogen) atoms. The van der Waals surface area contributed by atoms with Crippen LogP contribution in [0.4, 0.5) is 11.6 Å². The molecule has 1 fully saturated rings. The average Bonchev–Trinajstić information content (AvgIpc) is 3.66. The number of rotatable bonds is 6. The van der Waals surface area contributed by atoms with E-state index in [0.717, 1.165) is 43.7 Å². The van der Waals surface area contributed by atoms with Crippen molar-refractivity contribution in [1.29, 1.82) is 0 Å². The first-order valence-electron chi connectivity index (χ1n) is 13.8. The highest BCUT2D eigenvalue weighted by molar-refractivity contribution is 14.1. The fourth-order valence-electron chi connectivity index (χ4n) is 6.65. The maximum absolute atomic E-state index is 13.4. The molecule has 206 valence electrons. The smallest absolute Gasteiger partial charge is 0.278 e. The summed E-state index contributed by atoms with van der Waals surface area (Å²) in [7, 11) is 2.19. The van der Waals surface area contributed by atoms with Crippen molar-refractivity contribution in [2.24, 2.45) is 0 Å². The summed E-state index contributed by atoms with van der Waals surface area (Å²) in [5, 5.41) is 3.83. The van der Waals surface area contributed by atoms with Crippen molar-refractivity contribution < 1.29 is 3.07 Å². The van der Waals surface area contributed by atoms with Crippen LogP contribution in [0.15, 0.2) is 54.0 Å². The summed E-state index contributed by atoms with van der Waals surface area (Å²) in [4.78, 5) is 30.3. The molecular formula is C30H32IN7O2. The number of halogens is 1. The van der Waals surface area contributed by atoms with Gasteiger partial charge in [0.05, 0.1) is 12.2 Å². The number of anilines is 2. The molecule has 1 N–H and O–H groups in total. The topological polar surface area (TPSA) is 90.1 Å². The SMILES string of the molecule is C=CCn1c(=O)c2cnc(Nc3ccc4c(c3)CN(C)CC43CC3)nc2n1-c1ccc2c(n1)[C@](C)(OI)CCC2. The molecule has 1 saturated carbocycles. The Morgan fingerprint density at radius 3 is 2.80 bits per heavy atom. The number of nitrogens with one attached hydrogen (secondary N) is 1. The van der Waals surface area contributed by atoms with Gasteiger partial charge in [0.25, 0.3) is 5.56 Å². The molecule has 1 aromatic carbocycles. The first-order valence-corrected chi connectivity index (χ1v) is 14.7. The first kappa shape index (κ1) is 25.8. The van der Waals surface area contributed by atoms with E-state index in [1.54, 1.807) is 21.6 Å². The third kappa shape index (κ3) is 4.10. The van der Waals surface area contributed by atoms with E-state index in [1.807, 2.05) is 29.1 Å². The second kappa shape index (κ2) is 9.49. The van der Waals surface area contributed by atoms with Gasteiger partial charge < -0.3 is 13.3 Å². The summed E-state index contributed by atoms with van der Waals surface area (Å²) in [5.41, 5.74) is 6.01. The van der Waals surface area contributed by atoms with Gasteiger partial charge in [0.15, 0.2) is 11.5 Å². The van der Waals surface area contributed by atoms with Crippen molar-refractivity contribution >= 4 is 45.7 Å². The van der Waals surface area contributed by atoms with Crippen molar-refractivity contribution in [3.63, 3.8) is 0 Å². The van der Waals surface area contributed by atoms with Crippen LogP contribution in [0.1, 0.15) is 55.0 Å². The quantitative estimate of drug-likeness (QED) is 0.224. The number of fused-ring (bicyclic) bond motifs is 4. The van der Waals surface area contributed by atoms with Gasteiger partial charge in [-0.2, -0.15) is 4.98 Å². The summed E-state index contributed by atoms with van der Waals surface area (Å²) < 4.78 is 9.29. The molecule has 1 spiro atoms. The van der Waals surface area contributed by atoms with Gasteiger partial charge in [-0.3, -0.25) is 4.79 Å². The van der Waals surface area contributed by atoms with Gasteiger partial charge in [-0.25, -0.2) is 19.3 Å². The van der Waals surface area contributed by atoms with Gasteiger partial charge in [0.2, 0.25) is 5.95 Å². The molecule has 0 unspecified atom stereocenters. The lowest BCUT2D eigenvalue weighted by atomic mass is 9.84. The maximum atomic E-state index is 13.4. The molecule has 0 saturated heterocycles. The van der Waals surface area contributed by atoms with Crippen LogP contribution in [0.2, 0.25) is 0 Å². The predicted molar refractivity (Wildman–Crippen MR) is 163 cm³/mol. The molecule has 0 bridgehead atoms. The highest BCUT2D eigenvalue weighted by Crippen LogP contribution is 2.52. The number of aromatic nitrogens is 5. The molecule has 1 atom stereocenters. The Hall–Kier alpha value is -3.09. The van der Waals surface area contributed by atoms with Crippen molar-refractivity contribution in [3.8, 4) is 5.82 Å². The van der Waals surface area contributed by atoms with E-state index in [0.29, 0.717) is 34.8 Å². The number of nitrogens with zero attached hydrogens (tertiary/aromatic N) is 6. The maximum Gasteiger partial charge on any atom is 0.278 e. The molecule has 9 nitrogen and oxygen atoms in total. The highest BCUT2D eigenvalue weighted by Gasteiger charge is 2.48. The van der Waals surface area contributed by atoms with E-state index in [2.05, 4.69) is 60.0 Å². The zero-order chi connectivity index (χ0) is 27.6. The lowest BCUT2D eigenvalue weighted by Gasteiger charge is -2.32. The van der Waals surface area contributed by atoms with Crippen LogP contribution in [-0.4, -0.2) is 42.8 Å². The second-order valence-corrected chi connectivity index (χ2v) is 12.1. The predicted octanol–water partition coefficient (Wildman–Crippen LogP) is 5.30. The number of benzene rings is 1. The largest absolute Gasteiger partial charge is 0.324 e. The first-order chi connectivity index (χ1) is 19.3. The normalized spacial score (nSPS) is 21.3. The fourth-order valence-corrected chi connectivity index (χ4v) is 7.08. The van der Waals surface area contributed by atoms with E-state index < -0.39 is 5.60 Å². The van der Waals surface area contributed by atoms with Crippen LogP contribution >= 0.6 is 23.0 Å². The molecule has 4 aromatic rings.